The third kappa shape index (κ3) is 6.33. The first-order valence-corrected chi connectivity index (χ1v) is 7.84. The van der Waals surface area contributed by atoms with E-state index in [1.54, 1.807) is 0 Å². The van der Waals surface area contributed by atoms with Crippen LogP contribution in [0.1, 0.15) is 52.5 Å². The molecule has 0 fully saturated rings. The molecule has 1 N–H and O–H groups in total. The van der Waals surface area contributed by atoms with Crippen molar-refractivity contribution < 1.29 is 4.79 Å². The Kier molecular flexibility index (Phi) is 7.53. The second-order valence-corrected chi connectivity index (χ2v) is 6.16. The Morgan fingerprint density at radius 2 is 1.70 bits per heavy atom. The van der Waals surface area contributed by atoms with Gasteiger partial charge in [0.05, 0.1) is 6.04 Å². The lowest BCUT2D eigenvalue weighted by Gasteiger charge is -2.22. The van der Waals surface area contributed by atoms with Gasteiger partial charge in [0.2, 0.25) is 0 Å². The van der Waals surface area contributed by atoms with E-state index in [0.717, 1.165) is 25.7 Å². The summed E-state index contributed by atoms with van der Waals surface area (Å²) in [5.41, 5.74) is 1.39. The standard InChI is InChI=1S/C18H29NO/c1-14(2)18(20)17(19-15(3)4)13-9-8-12-16-10-6-5-7-11-16/h5-7,10-11,14-15,17,19H,8-9,12-13H2,1-4H3/t17-/m0/s1. The minimum Gasteiger partial charge on any atom is -0.305 e. The molecule has 1 atom stereocenters. The van der Waals surface area contributed by atoms with E-state index >= 15 is 0 Å². The normalized spacial score (nSPS) is 12.9. The maximum atomic E-state index is 12.2. The molecule has 0 aliphatic carbocycles. The molecule has 1 aromatic carbocycles. The van der Waals surface area contributed by atoms with Crippen LogP contribution in [-0.2, 0) is 11.2 Å². The van der Waals surface area contributed by atoms with Crippen LogP contribution in [0.3, 0.4) is 0 Å². The summed E-state index contributed by atoms with van der Waals surface area (Å²) >= 11 is 0. The lowest BCUT2D eigenvalue weighted by atomic mass is 9.95. The van der Waals surface area contributed by atoms with Crippen LogP contribution in [0.25, 0.3) is 0 Å². The second-order valence-electron chi connectivity index (χ2n) is 6.16. The van der Waals surface area contributed by atoms with E-state index in [1.165, 1.54) is 5.56 Å². The van der Waals surface area contributed by atoms with Crippen LogP contribution in [0, 0.1) is 5.92 Å². The smallest absolute Gasteiger partial charge is 0.152 e. The molecule has 2 nitrogen and oxygen atoms in total. The van der Waals surface area contributed by atoms with Crippen LogP contribution >= 0.6 is 0 Å². The lowest BCUT2D eigenvalue weighted by Crippen LogP contribution is -2.42. The molecular formula is C18H29NO. The van der Waals surface area contributed by atoms with Gasteiger partial charge >= 0.3 is 0 Å². The number of carbonyl (C=O) groups excluding carboxylic acids is 1. The molecule has 0 bridgehead atoms. The number of Topliss-reactive ketones (excluding diaryl/α,β-unsaturated/α-hetero) is 1. The zero-order chi connectivity index (χ0) is 15.0. The number of aryl methyl sites for hydroxylation is 1. The number of nitrogens with one attached hydrogen (secondary N) is 1. The molecule has 0 radical (unpaired) electrons. The van der Waals surface area contributed by atoms with Crippen molar-refractivity contribution in [3.63, 3.8) is 0 Å². The molecule has 2 heteroatoms. The fourth-order valence-corrected chi connectivity index (χ4v) is 2.43. The molecule has 0 saturated heterocycles. The van der Waals surface area contributed by atoms with Crippen molar-refractivity contribution in [2.45, 2.75) is 65.5 Å². The maximum Gasteiger partial charge on any atom is 0.152 e. The fourth-order valence-electron chi connectivity index (χ4n) is 2.43. The average Bonchev–Trinajstić information content (AvgIpc) is 2.42. The molecule has 112 valence electrons. The Balaban J connectivity index is 2.36. The van der Waals surface area contributed by atoms with Gasteiger partial charge < -0.3 is 5.32 Å². The van der Waals surface area contributed by atoms with Gasteiger partial charge in [0, 0.05) is 12.0 Å². The summed E-state index contributed by atoms with van der Waals surface area (Å²) < 4.78 is 0. The van der Waals surface area contributed by atoms with Gasteiger partial charge in [-0.1, -0.05) is 64.4 Å². The van der Waals surface area contributed by atoms with E-state index < -0.39 is 0 Å². The Hall–Kier alpha value is -1.15. The van der Waals surface area contributed by atoms with Crippen molar-refractivity contribution in [1.82, 2.24) is 5.32 Å². The molecule has 0 heterocycles. The van der Waals surface area contributed by atoms with E-state index in [4.69, 9.17) is 0 Å². The quantitative estimate of drug-likeness (QED) is 0.690. The number of rotatable bonds is 9. The first-order chi connectivity index (χ1) is 9.50. The van der Waals surface area contributed by atoms with Gasteiger partial charge in [0.15, 0.2) is 5.78 Å². The van der Waals surface area contributed by atoms with Gasteiger partial charge in [-0.25, -0.2) is 0 Å². The fraction of sp³-hybridized carbons (Fsp3) is 0.611. The highest BCUT2D eigenvalue weighted by Gasteiger charge is 2.20. The van der Waals surface area contributed by atoms with E-state index in [0.29, 0.717) is 11.8 Å². The molecular weight excluding hydrogens is 246 g/mol. The van der Waals surface area contributed by atoms with Crippen molar-refractivity contribution in [2.75, 3.05) is 0 Å². The minimum absolute atomic E-state index is 0.0192. The van der Waals surface area contributed by atoms with Crippen LogP contribution in [-0.4, -0.2) is 17.9 Å². The predicted molar refractivity (Wildman–Crippen MR) is 85.9 cm³/mol. The van der Waals surface area contributed by atoms with Crippen LogP contribution in [0.4, 0.5) is 0 Å². The lowest BCUT2D eigenvalue weighted by molar-refractivity contribution is -0.124. The zero-order valence-corrected chi connectivity index (χ0v) is 13.4. The summed E-state index contributed by atoms with van der Waals surface area (Å²) in [6, 6.07) is 10.9. The van der Waals surface area contributed by atoms with Gasteiger partial charge in [-0.15, -0.1) is 0 Å². The molecule has 0 unspecified atom stereocenters. The van der Waals surface area contributed by atoms with Crippen molar-refractivity contribution in [1.29, 1.82) is 0 Å². The molecule has 0 saturated carbocycles. The Bertz CT molecular complexity index is 384. The zero-order valence-electron chi connectivity index (χ0n) is 13.4. The van der Waals surface area contributed by atoms with E-state index in [1.807, 2.05) is 19.9 Å². The predicted octanol–water partition coefficient (Wildman–Crippen LogP) is 3.99. The van der Waals surface area contributed by atoms with Crippen molar-refractivity contribution >= 4 is 5.78 Å². The monoisotopic (exact) mass is 275 g/mol. The second kappa shape index (κ2) is 8.91. The Labute approximate surface area is 124 Å². The number of carbonyl (C=O) groups is 1. The summed E-state index contributed by atoms with van der Waals surface area (Å²) in [7, 11) is 0. The van der Waals surface area contributed by atoms with Crippen LogP contribution in [0.5, 0.6) is 0 Å². The van der Waals surface area contributed by atoms with Gasteiger partial charge in [-0.05, 0) is 24.8 Å². The molecule has 0 amide bonds. The van der Waals surface area contributed by atoms with Gasteiger partial charge in [0.1, 0.15) is 0 Å². The van der Waals surface area contributed by atoms with Gasteiger partial charge in [-0.2, -0.15) is 0 Å². The highest BCUT2D eigenvalue weighted by molar-refractivity contribution is 5.85. The molecule has 20 heavy (non-hydrogen) atoms. The van der Waals surface area contributed by atoms with Crippen molar-refractivity contribution in [3.8, 4) is 0 Å². The van der Waals surface area contributed by atoms with Crippen LogP contribution in [0.2, 0.25) is 0 Å². The van der Waals surface area contributed by atoms with Crippen LogP contribution < -0.4 is 5.32 Å². The third-order valence-electron chi connectivity index (χ3n) is 3.50. The largest absolute Gasteiger partial charge is 0.305 e. The maximum absolute atomic E-state index is 12.2. The Morgan fingerprint density at radius 1 is 1.05 bits per heavy atom. The summed E-state index contributed by atoms with van der Waals surface area (Å²) in [5.74, 6) is 0.457. The number of unbranched alkanes of at least 4 members (excludes halogenated alkanes) is 1. The molecule has 0 spiro atoms. The molecule has 0 aromatic heterocycles. The number of benzene rings is 1. The first kappa shape index (κ1) is 16.9. The van der Waals surface area contributed by atoms with E-state index in [2.05, 4.69) is 43.4 Å². The first-order valence-electron chi connectivity index (χ1n) is 7.84. The van der Waals surface area contributed by atoms with Crippen molar-refractivity contribution in [2.24, 2.45) is 5.92 Å². The SMILES string of the molecule is CC(C)N[C@@H](CCCCc1ccccc1)C(=O)C(C)C. The average molecular weight is 275 g/mol. The number of hydrogen-bond acceptors (Lipinski definition) is 2. The molecule has 1 rings (SSSR count). The van der Waals surface area contributed by atoms with E-state index in [-0.39, 0.29) is 12.0 Å². The summed E-state index contributed by atoms with van der Waals surface area (Å²) in [5, 5.41) is 3.41. The highest BCUT2D eigenvalue weighted by Crippen LogP contribution is 2.11. The molecule has 0 aliphatic heterocycles. The summed E-state index contributed by atoms with van der Waals surface area (Å²) in [4.78, 5) is 12.2. The van der Waals surface area contributed by atoms with E-state index in [9.17, 15) is 4.79 Å². The molecule has 0 aliphatic rings. The van der Waals surface area contributed by atoms with Gasteiger partial charge in [-0.3, -0.25) is 4.79 Å². The van der Waals surface area contributed by atoms with Crippen molar-refractivity contribution in [3.05, 3.63) is 35.9 Å². The molecule has 1 aromatic rings. The van der Waals surface area contributed by atoms with Crippen LogP contribution in [0.15, 0.2) is 30.3 Å². The van der Waals surface area contributed by atoms with Gasteiger partial charge in [0.25, 0.3) is 0 Å². The third-order valence-corrected chi connectivity index (χ3v) is 3.50. The number of hydrogen-bond donors (Lipinski definition) is 1. The summed E-state index contributed by atoms with van der Waals surface area (Å²) in [6.45, 7) is 8.18. The summed E-state index contributed by atoms with van der Waals surface area (Å²) in [6.07, 6.45) is 4.29. The number of ketones is 1. The Morgan fingerprint density at radius 3 is 2.25 bits per heavy atom. The highest BCUT2D eigenvalue weighted by atomic mass is 16.1. The minimum atomic E-state index is 0.0192. The topological polar surface area (TPSA) is 29.1 Å².